The number of carbonyl (C=O) groups excluding carboxylic acids is 1. The lowest BCUT2D eigenvalue weighted by molar-refractivity contribution is 0.0987. The standard InChI is InChI=1S/C21H18Cl2N2O2/c22-17-9-7-14(11-18(17)23)19(24)20(26)15-8-6-13(10-16(15)21(25)27)12-4-2-1-3-5-12/h1-11,19-20,26H,24H2,(H2,25,27). The molecule has 138 valence electrons. The second-order valence-corrected chi connectivity index (χ2v) is 6.99. The summed E-state index contributed by atoms with van der Waals surface area (Å²) in [7, 11) is 0. The Hall–Kier alpha value is -2.37. The van der Waals surface area contributed by atoms with Gasteiger partial charge in [-0.2, -0.15) is 0 Å². The molecule has 6 heteroatoms. The molecular weight excluding hydrogens is 383 g/mol. The Bertz CT molecular complexity index is 977. The predicted molar refractivity (Wildman–Crippen MR) is 109 cm³/mol. The highest BCUT2D eigenvalue weighted by Crippen LogP contribution is 2.33. The molecule has 0 heterocycles. The SMILES string of the molecule is NC(=O)c1cc(-c2ccccc2)ccc1C(O)C(N)c1ccc(Cl)c(Cl)c1. The van der Waals surface area contributed by atoms with Crippen molar-refractivity contribution in [1.82, 2.24) is 0 Å². The van der Waals surface area contributed by atoms with Crippen LogP contribution in [0.25, 0.3) is 11.1 Å². The Labute approximate surface area is 167 Å². The van der Waals surface area contributed by atoms with Crippen LogP contribution >= 0.6 is 23.2 Å². The van der Waals surface area contributed by atoms with Gasteiger partial charge in [-0.05, 0) is 40.5 Å². The van der Waals surface area contributed by atoms with Crippen LogP contribution in [0.2, 0.25) is 10.0 Å². The molecule has 3 aromatic carbocycles. The van der Waals surface area contributed by atoms with E-state index in [1.165, 1.54) is 0 Å². The molecule has 2 unspecified atom stereocenters. The number of nitrogens with two attached hydrogens (primary N) is 2. The van der Waals surface area contributed by atoms with Gasteiger partial charge in [-0.25, -0.2) is 0 Å². The van der Waals surface area contributed by atoms with Gasteiger partial charge in [0.25, 0.3) is 0 Å². The monoisotopic (exact) mass is 400 g/mol. The van der Waals surface area contributed by atoms with Crippen LogP contribution in [0, 0.1) is 0 Å². The number of aliphatic hydroxyl groups excluding tert-OH is 1. The van der Waals surface area contributed by atoms with Gasteiger partial charge in [0.1, 0.15) is 0 Å². The summed E-state index contributed by atoms with van der Waals surface area (Å²) in [6.45, 7) is 0. The summed E-state index contributed by atoms with van der Waals surface area (Å²) in [4.78, 5) is 12.0. The lowest BCUT2D eigenvalue weighted by Gasteiger charge is -2.22. The smallest absolute Gasteiger partial charge is 0.249 e. The van der Waals surface area contributed by atoms with Crippen molar-refractivity contribution in [2.24, 2.45) is 11.5 Å². The molecule has 0 fully saturated rings. The zero-order chi connectivity index (χ0) is 19.6. The summed E-state index contributed by atoms with van der Waals surface area (Å²) >= 11 is 12.0. The van der Waals surface area contributed by atoms with Crippen LogP contribution in [-0.4, -0.2) is 11.0 Å². The number of benzene rings is 3. The molecule has 0 saturated carbocycles. The van der Waals surface area contributed by atoms with E-state index in [1.807, 2.05) is 36.4 Å². The lowest BCUT2D eigenvalue weighted by atomic mass is 9.90. The second-order valence-electron chi connectivity index (χ2n) is 6.18. The van der Waals surface area contributed by atoms with Gasteiger partial charge in [0.15, 0.2) is 0 Å². The Kier molecular flexibility index (Phi) is 5.82. The first-order valence-electron chi connectivity index (χ1n) is 8.26. The van der Waals surface area contributed by atoms with Crippen molar-refractivity contribution in [3.8, 4) is 11.1 Å². The maximum atomic E-state index is 12.0. The molecule has 5 N–H and O–H groups in total. The van der Waals surface area contributed by atoms with E-state index in [2.05, 4.69) is 0 Å². The molecule has 3 aromatic rings. The van der Waals surface area contributed by atoms with E-state index < -0.39 is 18.1 Å². The van der Waals surface area contributed by atoms with Gasteiger partial charge in [0.05, 0.1) is 22.2 Å². The van der Waals surface area contributed by atoms with E-state index in [-0.39, 0.29) is 5.56 Å². The Balaban J connectivity index is 1.99. The second kappa shape index (κ2) is 8.11. The molecule has 3 rings (SSSR count). The van der Waals surface area contributed by atoms with Crippen LogP contribution < -0.4 is 11.5 Å². The van der Waals surface area contributed by atoms with Crippen molar-refractivity contribution in [1.29, 1.82) is 0 Å². The Morgan fingerprint density at radius 2 is 1.59 bits per heavy atom. The van der Waals surface area contributed by atoms with E-state index in [9.17, 15) is 9.90 Å². The molecule has 1 amide bonds. The zero-order valence-corrected chi connectivity index (χ0v) is 15.8. The van der Waals surface area contributed by atoms with Gasteiger partial charge in [-0.15, -0.1) is 0 Å². The highest BCUT2D eigenvalue weighted by molar-refractivity contribution is 6.42. The highest BCUT2D eigenvalue weighted by atomic mass is 35.5. The molecule has 0 bridgehead atoms. The van der Waals surface area contributed by atoms with Crippen molar-refractivity contribution >= 4 is 29.1 Å². The summed E-state index contributed by atoms with van der Waals surface area (Å²) < 4.78 is 0. The third kappa shape index (κ3) is 4.15. The number of carbonyl (C=O) groups is 1. The zero-order valence-electron chi connectivity index (χ0n) is 14.3. The first kappa shape index (κ1) is 19.4. The number of halogens is 2. The minimum Gasteiger partial charge on any atom is -0.386 e. The first-order valence-corrected chi connectivity index (χ1v) is 9.02. The summed E-state index contributed by atoms with van der Waals surface area (Å²) in [5.74, 6) is -0.636. The molecule has 0 saturated heterocycles. The predicted octanol–water partition coefficient (Wildman–Crippen LogP) is 4.49. The summed E-state index contributed by atoms with van der Waals surface area (Å²) in [5, 5.41) is 11.5. The average Bonchev–Trinajstić information content (AvgIpc) is 2.69. The number of rotatable bonds is 5. The number of aliphatic hydroxyl groups is 1. The topological polar surface area (TPSA) is 89.3 Å². The molecule has 0 aromatic heterocycles. The van der Waals surface area contributed by atoms with E-state index in [4.69, 9.17) is 34.7 Å². The fourth-order valence-electron chi connectivity index (χ4n) is 2.93. The van der Waals surface area contributed by atoms with Gasteiger partial charge in [0, 0.05) is 5.56 Å². The molecule has 27 heavy (non-hydrogen) atoms. The van der Waals surface area contributed by atoms with Crippen molar-refractivity contribution in [2.75, 3.05) is 0 Å². The van der Waals surface area contributed by atoms with Crippen LogP contribution in [0.3, 0.4) is 0 Å². The molecule has 0 aliphatic carbocycles. The van der Waals surface area contributed by atoms with E-state index in [0.29, 0.717) is 21.2 Å². The maximum absolute atomic E-state index is 12.0. The molecule has 0 spiro atoms. The maximum Gasteiger partial charge on any atom is 0.249 e. The Morgan fingerprint density at radius 3 is 2.22 bits per heavy atom. The number of hydrogen-bond donors (Lipinski definition) is 3. The highest BCUT2D eigenvalue weighted by Gasteiger charge is 2.24. The van der Waals surface area contributed by atoms with Gasteiger partial charge in [-0.3, -0.25) is 4.79 Å². The van der Waals surface area contributed by atoms with Crippen LogP contribution in [0.5, 0.6) is 0 Å². The van der Waals surface area contributed by atoms with Crippen LogP contribution in [0.4, 0.5) is 0 Å². The van der Waals surface area contributed by atoms with Crippen molar-refractivity contribution in [2.45, 2.75) is 12.1 Å². The molecule has 4 nitrogen and oxygen atoms in total. The fourth-order valence-corrected chi connectivity index (χ4v) is 3.24. The van der Waals surface area contributed by atoms with Crippen LogP contribution in [0.15, 0.2) is 66.7 Å². The quantitative estimate of drug-likeness (QED) is 0.588. The van der Waals surface area contributed by atoms with Gasteiger partial charge in [-0.1, -0.05) is 71.7 Å². The number of amides is 1. The minimum atomic E-state index is -1.14. The third-order valence-corrected chi connectivity index (χ3v) is 5.15. The lowest BCUT2D eigenvalue weighted by Crippen LogP contribution is -2.23. The van der Waals surface area contributed by atoms with Crippen molar-refractivity contribution in [3.05, 3.63) is 93.5 Å². The van der Waals surface area contributed by atoms with Crippen LogP contribution in [0.1, 0.15) is 33.6 Å². The van der Waals surface area contributed by atoms with Gasteiger partial charge < -0.3 is 16.6 Å². The van der Waals surface area contributed by atoms with Gasteiger partial charge in [0.2, 0.25) is 5.91 Å². The number of primary amides is 1. The first-order chi connectivity index (χ1) is 12.9. The molecular formula is C21H18Cl2N2O2. The summed E-state index contributed by atoms with van der Waals surface area (Å²) in [5.41, 5.74) is 14.7. The van der Waals surface area contributed by atoms with E-state index >= 15 is 0 Å². The normalized spacial score (nSPS) is 13.2. The van der Waals surface area contributed by atoms with Gasteiger partial charge >= 0.3 is 0 Å². The van der Waals surface area contributed by atoms with E-state index in [0.717, 1.165) is 11.1 Å². The molecule has 0 aliphatic heterocycles. The third-order valence-electron chi connectivity index (χ3n) is 4.41. The summed E-state index contributed by atoms with van der Waals surface area (Å²) in [6, 6.07) is 18.8. The fraction of sp³-hybridized carbons (Fsp3) is 0.0952. The Morgan fingerprint density at radius 1 is 0.889 bits per heavy atom. The number of hydrogen-bond acceptors (Lipinski definition) is 3. The molecule has 0 radical (unpaired) electrons. The van der Waals surface area contributed by atoms with Crippen LogP contribution in [-0.2, 0) is 0 Å². The van der Waals surface area contributed by atoms with Crippen molar-refractivity contribution < 1.29 is 9.90 Å². The largest absolute Gasteiger partial charge is 0.386 e. The molecule has 0 aliphatic rings. The molecule has 2 atom stereocenters. The summed E-state index contributed by atoms with van der Waals surface area (Å²) in [6.07, 6.45) is -1.14. The van der Waals surface area contributed by atoms with Crippen molar-refractivity contribution in [3.63, 3.8) is 0 Å². The minimum absolute atomic E-state index is 0.222. The van der Waals surface area contributed by atoms with E-state index in [1.54, 1.807) is 30.3 Å². The average molecular weight is 401 g/mol.